The van der Waals surface area contributed by atoms with Gasteiger partial charge in [0.25, 0.3) is 0 Å². The lowest BCUT2D eigenvalue weighted by Gasteiger charge is -1.98. The van der Waals surface area contributed by atoms with E-state index in [1.54, 1.807) is 5.38 Å². The summed E-state index contributed by atoms with van der Waals surface area (Å²) in [6, 6.07) is 0. The Labute approximate surface area is 115 Å². The Morgan fingerprint density at radius 2 is 2.44 bits per heavy atom. The molecule has 0 atom stereocenters. The van der Waals surface area contributed by atoms with E-state index in [-0.39, 0.29) is 14.9 Å². The first-order chi connectivity index (χ1) is 8.60. The molecule has 0 spiro atoms. The number of carbonyl (C=O) groups excluding carboxylic acids is 1. The number of anilines is 1. The summed E-state index contributed by atoms with van der Waals surface area (Å²) in [4.78, 5) is 29.0. The first kappa shape index (κ1) is 13.1. The average Bonchev–Trinajstić information content (AvgIpc) is 2.92. The van der Waals surface area contributed by atoms with E-state index in [0.29, 0.717) is 11.7 Å². The number of H-pyrrole nitrogens is 1. The number of carbonyl (C=O) groups is 1. The molecule has 6 nitrogen and oxygen atoms in total. The van der Waals surface area contributed by atoms with E-state index in [4.69, 9.17) is 11.6 Å². The highest BCUT2D eigenvalue weighted by Crippen LogP contribution is 2.27. The molecule has 0 aliphatic carbocycles. The van der Waals surface area contributed by atoms with E-state index in [1.165, 1.54) is 7.11 Å². The third-order valence-electron chi connectivity index (χ3n) is 1.96. The molecule has 0 saturated heterocycles. The van der Waals surface area contributed by atoms with Crippen LogP contribution in [0.25, 0.3) is 0 Å². The van der Waals surface area contributed by atoms with Crippen molar-refractivity contribution < 1.29 is 9.53 Å². The number of rotatable bonds is 4. The average molecular weight is 306 g/mol. The predicted molar refractivity (Wildman–Crippen MR) is 70.7 cm³/mol. The van der Waals surface area contributed by atoms with E-state index in [1.807, 2.05) is 0 Å². The number of aromatic nitrogens is 2. The van der Waals surface area contributed by atoms with Crippen LogP contribution in [0.1, 0.15) is 15.4 Å². The zero-order valence-corrected chi connectivity index (χ0v) is 11.5. The Balaban J connectivity index is 2.06. The number of aromatic amines is 1. The number of methoxy groups -OCH3 is 1. The SMILES string of the molecule is COC(=O)c1sc(NCc2csc(=O)[nH]2)nc1Cl. The summed E-state index contributed by atoms with van der Waals surface area (Å²) in [5.74, 6) is -0.519. The fourth-order valence-corrected chi connectivity index (χ4v) is 2.85. The molecule has 0 radical (unpaired) electrons. The van der Waals surface area contributed by atoms with Gasteiger partial charge in [-0.15, -0.1) is 0 Å². The maximum atomic E-state index is 11.3. The van der Waals surface area contributed by atoms with Crippen molar-refractivity contribution in [2.45, 2.75) is 6.54 Å². The van der Waals surface area contributed by atoms with Gasteiger partial charge in [0, 0.05) is 11.1 Å². The second-order valence-corrected chi connectivity index (χ2v) is 5.36. The van der Waals surface area contributed by atoms with Gasteiger partial charge in [0.05, 0.1) is 13.7 Å². The van der Waals surface area contributed by atoms with E-state index < -0.39 is 5.97 Å². The van der Waals surface area contributed by atoms with Crippen LogP contribution < -0.4 is 10.2 Å². The molecule has 0 fully saturated rings. The molecule has 2 N–H and O–H groups in total. The van der Waals surface area contributed by atoms with Gasteiger partial charge in [-0.05, 0) is 0 Å². The van der Waals surface area contributed by atoms with Crippen molar-refractivity contribution >= 4 is 45.4 Å². The minimum atomic E-state index is -0.519. The number of ether oxygens (including phenoxy) is 1. The summed E-state index contributed by atoms with van der Waals surface area (Å²) in [5, 5.41) is 5.28. The van der Waals surface area contributed by atoms with Crippen LogP contribution in [0.4, 0.5) is 5.13 Å². The van der Waals surface area contributed by atoms with E-state index in [0.717, 1.165) is 28.4 Å². The second kappa shape index (κ2) is 5.51. The smallest absolute Gasteiger partial charge is 0.351 e. The molecule has 0 aliphatic rings. The van der Waals surface area contributed by atoms with Crippen LogP contribution in [0.3, 0.4) is 0 Å². The predicted octanol–water partition coefficient (Wildman–Crippen LogP) is 1.94. The van der Waals surface area contributed by atoms with E-state index >= 15 is 0 Å². The van der Waals surface area contributed by atoms with Gasteiger partial charge in [0.15, 0.2) is 15.2 Å². The lowest BCUT2D eigenvalue weighted by atomic mass is 10.5. The molecule has 2 heterocycles. The molecule has 9 heteroatoms. The molecule has 0 aromatic carbocycles. The van der Waals surface area contributed by atoms with Crippen LogP contribution in [0.2, 0.25) is 5.15 Å². The van der Waals surface area contributed by atoms with Crippen molar-refractivity contribution in [1.82, 2.24) is 9.97 Å². The number of thiazole rings is 2. The Morgan fingerprint density at radius 1 is 1.67 bits per heavy atom. The van der Waals surface area contributed by atoms with Crippen LogP contribution in [-0.2, 0) is 11.3 Å². The van der Waals surface area contributed by atoms with E-state index in [9.17, 15) is 9.59 Å². The monoisotopic (exact) mass is 305 g/mol. The lowest BCUT2D eigenvalue weighted by molar-refractivity contribution is 0.0606. The normalized spacial score (nSPS) is 10.3. The summed E-state index contributed by atoms with van der Waals surface area (Å²) in [6.07, 6.45) is 0. The summed E-state index contributed by atoms with van der Waals surface area (Å²) >= 11 is 8.00. The Morgan fingerprint density at radius 3 is 3.06 bits per heavy atom. The van der Waals surface area contributed by atoms with Crippen molar-refractivity contribution in [3.63, 3.8) is 0 Å². The van der Waals surface area contributed by atoms with Crippen molar-refractivity contribution in [3.05, 3.63) is 30.8 Å². The molecule has 2 aromatic rings. The van der Waals surface area contributed by atoms with Gasteiger partial charge >= 0.3 is 10.8 Å². The Kier molecular flexibility index (Phi) is 4.00. The lowest BCUT2D eigenvalue weighted by Crippen LogP contribution is -2.02. The molecule has 18 heavy (non-hydrogen) atoms. The standard InChI is InChI=1S/C9H8ClN3O3S2/c1-16-7(14)5-6(10)13-8(18-5)11-2-4-3-17-9(15)12-4/h3H,2H2,1H3,(H,11,13)(H,12,15). The van der Waals surface area contributed by atoms with Crippen LogP contribution in [0.5, 0.6) is 0 Å². The fourth-order valence-electron chi connectivity index (χ4n) is 1.17. The molecule has 0 aliphatic heterocycles. The summed E-state index contributed by atoms with van der Waals surface area (Å²) in [5.41, 5.74) is 0.746. The van der Waals surface area contributed by atoms with E-state index in [2.05, 4.69) is 20.0 Å². The first-order valence-corrected chi connectivity index (χ1v) is 6.82. The Bertz CT molecular complexity index is 619. The molecular weight excluding hydrogens is 298 g/mol. The molecule has 2 aromatic heterocycles. The van der Waals surface area contributed by atoms with Crippen LogP contribution >= 0.6 is 34.3 Å². The van der Waals surface area contributed by atoms with Crippen LogP contribution in [0, 0.1) is 0 Å². The van der Waals surface area contributed by atoms with Gasteiger partial charge < -0.3 is 15.0 Å². The molecule has 0 unspecified atom stereocenters. The molecule has 96 valence electrons. The number of hydrogen-bond acceptors (Lipinski definition) is 7. The highest BCUT2D eigenvalue weighted by atomic mass is 35.5. The minimum Gasteiger partial charge on any atom is -0.465 e. The number of hydrogen-bond donors (Lipinski definition) is 2. The maximum absolute atomic E-state index is 11.3. The summed E-state index contributed by atoms with van der Waals surface area (Å²) in [7, 11) is 1.28. The van der Waals surface area contributed by atoms with Crippen molar-refractivity contribution in [3.8, 4) is 0 Å². The molecule has 0 saturated carbocycles. The molecule has 0 bridgehead atoms. The van der Waals surface area contributed by atoms with Crippen molar-refractivity contribution in [1.29, 1.82) is 0 Å². The van der Waals surface area contributed by atoms with Crippen molar-refractivity contribution in [2.24, 2.45) is 0 Å². The topological polar surface area (TPSA) is 84.1 Å². The summed E-state index contributed by atoms with van der Waals surface area (Å²) in [6.45, 7) is 0.406. The van der Waals surface area contributed by atoms with Gasteiger partial charge in [-0.3, -0.25) is 4.79 Å². The molecule has 0 amide bonds. The molecular formula is C9H8ClN3O3S2. The highest BCUT2D eigenvalue weighted by Gasteiger charge is 2.17. The van der Waals surface area contributed by atoms with Gasteiger partial charge in [-0.2, -0.15) is 0 Å². The maximum Gasteiger partial charge on any atom is 0.351 e. The number of esters is 1. The summed E-state index contributed by atoms with van der Waals surface area (Å²) < 4.78 is 4.57. The van der Waals surface area contributed by atoms with Crippen molar-refractivity contribution in [2.75, 3.05) is 12.4 Å². The quantitative estimate of drug-likeness (QED) is 0.843. The molecule has 2 rings (SSSR count). The zero-order chi connectivity index (χ0) is 13.1. The highest BCUT2D eigenvalue weighted by molar-refractivity contribution is 7.18. The Hall–Kier alpha value is -1.38. The van der Waals surface area contributed by atoms with Gasteiger partial charge in [-0.25, -0.2) is 9.78 Å². The second-order valence-electron chi connectivity index (χ2n) is 3.16. The fraction of sp³-hybridized carbons (Fsp3) is 0.222. The number of nitrogens with one attached hydrogen (secondary N) is 2. The first-order valence-electron chi connectivity index (χ1n) is 4.75. The minimum absolute atomic E-state index is 0.105. The third kappa shape index (κ3) is 2.89. The van der Waals surface area contributed by atoms with Gasteiger partial charge in [0.2, 0.25) is 0 Å². The van der Waals surface area contributed by atoms with Crippen LogP contribution in [0.15, 0.2) is 10.2 Å². The van der Waals surface area contributed by atoms with Gasteiger partial charge in [-0.1, -0.05) is 34.3 Å². The largest absolute Gasteiger partial charge is 0.465 e. The third-order valence-corrected chi connectivity index (χ3v) is 4.05. The number of halogens is 1. The van der Waals surface area contributed by atoms with Crippen LogP contribution in [-0.4, -0.2) is 23.0 Å². The number of nitrogens with zero attached hydrogens (tertiary/aromatic N) is 1. The zero-order valence-electron chi connectivity index (χ0n) is 9.15. The van der Waals surface area contributed by atoms with Gasteiger partial charge in [0.1, 0.15) is 0 Å².